The zero-order chi connectivity index (χ0) is 14.7. The monoisotopic (exact) mass is 313 g/mol. The van der Waals surface area contributed by atoms with Crippen molar-refractivity contribution < 1.29 is 21.4 Å². The van der Waals surface area contributed by atoms with Gasteiger partial charge in [-0.05, 0) is 0 Å². The Morgan fingerprint density at radius 2 is 1.84 bits per heavy atom. The van der Waals surface area contributed by atoms with Crippen molar-refractivity contribution in [2.45, 2.75) is 13.8 Å². The minimum atomic E-state index is -4.28. The highest BCUT2D eigenvalue weighted by Gasteiger charge is 2.15. The molecule has 19 heavy (non-hydrogen) atoms. The van der Waals surface area contributed by atoms with Crippen LogP contribution in [-0.2, 0) is 19.9 Å². The number of hydrogen-bond acceptors (Lipinski definition) is 4. The van der Waals surface area contributed by atoms with Gasteiger partial charge in [-0.15, -0.1) is 0 Å². The van der Waals surface area contributed by atoms with Gasteiger partial charge < -0.3 is 0 Å². The van der Waals surface area contributed by atoms with E-state index in [0.717, 1.165) is 6.20 Å². The highest BCUT2D eigenvalue weighted by molar-refractivity contribution is 8.03. The van der Waals surface area contributed by atoms with Gasteiger partial charge >= 0.3 is 10.2 Å². The van der Waals surface area contributed by atoms with Crippen LogP contribution in [0.3, 0.4) is 0 Å². The van der Waals surface area contributed by atoms with Gasteiger partial charge in [0.2, 0.25) is 5.95 Å². The van der Waals surface area contributed by atoms with Crippen molar-refractivity contribution in [1.82, 2.24) is 4.98 Å². The minimum absolute atomic E-state index is 0.0699. The van der Waals surface area contributed by atoms with E-state index in [0.29, 0.717) is 6.07 Å². The smallest absolute Gasteiger partial charge is 0.263 e. The van der Waals surface area contributed by atoms with Gasteiger partial charge in [-0.2, -0.15) is 12.8 Å². The topological polar surface area (TPSA) is 88.5 Å². The molecule has 0 aliphatic heterocycles. The summed E-state index contributed by atoms with van der Waals surface area (Å²) in [5.74, 6) is -2.50. The van der Waals surface area contributed by atoms with Crippen LogP contribution >= 0.6 is 0 Å². The molecule has 6 nitrogen and oxygen atoms in total. The summed E-state index contributed by atoms with van der Waals surface area (Å²) in [4.78, 5) is 3.02. The lowest BCUT2D eigenvalue weighted by Gasteiger charge is -2.07. The number of rotatable bonds is 5. The summed E-state index contributed by atoms with van der Waals surface area (Å²) in [5, 5.41) is 0. The van der Waals surface area contributed by atoms with E-state index in [-0.39, 0.29) is 17.2 Å². The average molecular weight is 313 g/mol. The van der Waals surface area contributed by atoms with Crippen molar-refractivity contribution in [3.8, 4) is 0 Å². The van der Waals surface area contributed by atoms with E-state index >= 15 is 0 Å². The first-order valence-electron chi connectivity index (χ1n) is 5.29. The zero-order valence-corrected chi connectivity index (χ0v) is 11.9. The van der Waals surface area contributed by atoms with E-state index in [4.69, 9.17) is 0 Å². The molecule has 0 atom stereocenters. The Morgan fingerprint density at radius 1 is 1.26 bits per heavy atom. The average Bonchev–Trinajstić information content (AvgIpc) is 2.33. The van der Waals surface area contributed by atoms with Gasteiger partial charge in [-0.25, -0.2) is 13.6 Å². The molecular formula is C9H13F2N3O3S2. The second kappa shape index (κ2) is 5.78. The molecule has 108 valence electrons. The Balaban J connectivity index is 3.10. The molecule has 10 heteroatoms. The number of halogens is 2. The number of nitrogens with zero attached hydrogens (tertiary/aromatic N) is 2. The number of hydrogen-bond donors (Lipinski definition) is 1. The number of aromatic nitrogens is 1. The Labute approximate surface area is 110 Å². The molecular weight excluding hydrogens is 300 g/mol. The normalized spacial score (nSPS) is 12.2. The van der Waals surface area contributed by atoms with Crippen LogP contribution in [0.25, 0.3) is 0 Å². The van der Waals surface area contributed by atoms with Gasteiger partial charge in [-0.3, -0.25) is 4.72 Å². The third-order valence-corrected chi connectivity index (χ3v) is 6.35. The minimum Gasteiger partial charge on any atom is -0.263 e. The van der Waals surface area contributed by atoms with E-state index in [1.165, 1.54) is 0 Å². The van der Waals surface area contributed by atoms with Crippen LogP contribution in [0.1, 0.15) is 13.8 Å². The maximum absolute atomic E-state index is 12.9. The Hall–Kier alpha value is -1.29. The fourth-order valence-corrected chi connectivity index (χ4v) is 4.37. The Bertz CT molecular complexity index is 672. The molecule has 0 saturated carbocycles. The molecule has 0 saturated heterocycles. The van der Waals surface area contributed by atoms with E-state index in [2.05, 4.69) is 8.75 Å². The molecule has 0 spiro atoms. The molecule has 0 aliphatic carbocycles. The fraction of sp³-hybridized carbons (Fsp3) is 0.444. The zero-order valence-electron chi connectivity index (χ0n) is 10.3. The highest BCUT2D eigenvalue weighted by atomic mass is 32.3. The van der Waals surface area contributed by atoms with Crippen molar-refractivity contribution in [3.63, 3.8) is 0 Å². The van der Waals surface area contributed by atoms with Gasteiger partial charge in [0.25, 0.3) is 0 Å². The molecule has 1 N–H and O–H groups in total. The lowest BCUT2D eigenvalue weighted by atomic mass is 10.4. The first-order chi connectivity index (χ1) is 8.71. The second-order valence-corrected chi connectivity index (χ2v) is 7.95. The van der Waals surface area contributed by atoms with E-state index in [1.54, 1.807) is 13.8 Å². The second-order valence-electron chi connectivity index (χ2n) is 3.50. The Kier molecular flexibility index (Phi) is 4.80. The summed E-state index contributed by atoms with van der Waals surface area (Å²) in [6, 6.07) is 0.620. The molecule has 0 aliphatic rings. The third kappa shape index (κ3) is 4.39. The maximum atomic E-state index is 12.9. The lowest BCUT2D eigenvalue weighted by molar-refractivity contribution is 0.480. The van der Waals surface area contributed by atoms with Crippen molar-refractivity contribution in [2.24, 2.45) is 3.77 Å². The summed E-state index contributed by atoms with van der Waals surface area (Å²) in [7, 11) is -7.15. The molecule has 1 heterocycles. The van der Waals surface area contributed by atoms with Crippen LogP contribution in [0, 0.1) is 11.8 Å². The summed E-state index contributed by atoms with van der Waals surface area (Å²) >= 11 is 0. The largest absolute Gasteiger partial charge is 0.350 e. The number of nitrogens with one attached hydrogen (secondary N) is 1. The molecule has 0 bridgehead atoms. The van der Waals surface area contributed by atoms with E-state index < -0.39 is 31.7 Å². The van der Waals surface area contributed by atoms with Gasteiger partial charge in [-0.1, -0.05) is 17.6 Å². The van der Waals surface area contributed by atoms with Gasteiger partial charge in [0, 0.05) is 17.6 Å². The van der Waals surface area contributed by atoms with Crippen molar-refractivity contribution in [2.75, 3.05) is 16.2 Å². The Morgan fingerprint density at radius 3 is 2.32 bits per heavy atom. The molecule has 1 aromatic rings. The van der Waals surface area contributed by atoms with E-state index in [9.17, 15) is 21.4 Å². The quantitative estimate of drug-likeness (QED) is 0.835. The molecule has 0 amide bonds. The van der Waals surface area contributed by atoms with Crippen molar-refractivity contribution in [3.05, 3.63) is 24.0 Å². The van der Waals surface area contributed by atoms with Crippen molar-refractivity contribution in [1.29, 1.82) is 0 Å². The fourth-order valence-electron chi connectivity index (χ4n) is 1.13. The molecule has 0 unspecified atom stereocenters. The predicted molar refractivity (Wildman–Crippen MR) is 68.3 cm³/mol. The maximum Gasteiger partial charge on any atom is 0.350 e. The standard InChI is InChI=1S/C9H13F2N3O3S2/c1-3-18(15,4-2)14-19(16,17)13-7-5-8(10)9(11)12-6-7/h5-6,13H,3-4H2,1-2H3. The molecule has 0 radical (unpaired) electrons. The number of pyridine rings is 1. The molecule has 0 fully saturated rings. The lowest BCUT2D eigenvalue weighted by Crippen LogP contribution is -2.16. The van der Waals surface area contributed by atoms with E-state index in [1.807, 2.05) is 4.72 Å². The van der Waals surface area contributed by atoms with Gasteiger partial charge in [0.05, 0.1) is 21.6 Å². The SMILES string of the molecule is CCS(=O)(CC)=NS(=O)(=O)Nc1cnc(F)c(F)c1. The number of anilines is 1. The summed E-state index contributed by atoms with van der Waals surface area (Å²) in [6.45, 7) is 3.09. The predicted octanol–water partition coefficient (Wildman–Crippen LogP) is 1.52. The van der Waals surface area contributed by atoms with Gasteiger partial charge in [0.15, 0.2) is 5.82 Å². The van der Waals surface area contributed by atoms with Crippen LogP contribution in [0.4, 0.5) is 14.5 Å². The van der Waals surface area contributed by atoms with Crippen LogP contribution in [-0.4, -0.2) is 29.1 Å². The summed E-state index contributed by atoms with van der Waals surface area (Å²) < 4.78 is 65.8. The molecule has 1 aromatic heterocycles. The first kappa shape index (κ1) is 15.8. The van der Waals surface area contributed by atoms with Gasteiger partial charge in [0.1, 0.15) is 0 Å². The third-order valence-electron chi connectivity index (χ3n) is 2.18. The summed E-state index contributed by atoms with van der Waals surface area (Å²) in [6.07, 6.45) is 0.797. The molecule has 1 rings (SSSR count). The summed E-state index contributed by atoms with van der Waals surface area (Å²) in [5.41, 5.74) is -0.295. The van der Waals surface area contributed by atoms with Crippen LogP contribution in [0.2, 0.25) is 0 Å². The van der Waals surface area contributed by atoms with Crippen LogP contribution in [0.5, 0.6) is 0 Å². The van der Waals surface area contributed by atoms with Crippen molar-refractivity contribution >= 4 is 25.6 Å². The van der Waals surface area contributed by atoms with Crippen LogP contribution < -0.4 is 4.72 Å². The molecule has 0 aromatic carbocycles. The highest BCUT2D eigenvalue weighted by Crippen LogP contribution is 2.13. The van der Waals surface area contributed by atoms with Crippen LogP contribution in [0.15, 0.2) is 16.0 Å². The first-order valence-corrected chi connectivity index (χ1v) is 8.58.